The van der Waals surface area contributed by atoms with E-state index in [1.165, 1.54) is 10.8 Å². The summed E-state index contributed by atoms with van der Waals surface area (Å²) < 4.78 is 33.2. The third-order valence-electron chi connectivity index (χ3n) is 6.05. The van der Waals surface area contributed by atoms with E-state index in [0.29, 0.717) is 34.6 Å². The molecule has 5 rings (SSSR count). The molecule has 0 atom stereocenters. The minimum atomic E-state index is -2.86. The fourth-order valence-electron chi connectivity index (χ4n) is 4.26. The Balaban J connectivity index is 1.48. The van der Waals surface area contributed by atoms with Gasteiger partial charge in [-0.1, -0.05) is 12.1 Å². The Kier molecular flexibility index (Phi) is 6.01. The zero-order chi connectivity index (χ0) is 23.7. The number of benzene rings is 1. The molecule has 0 saturated carbocycles. The standard InChI is InChI=1S/C23H22F2N6O3/c24-19(25)21-29-28-20(34-21)15-5-6-16(27-11-15)13-31-22(32)17-3-1-2-4-18(17)30(23(31)33)12-14-7-9-26-10-8-14/h1-6,11,14,19,26H,7-10,12-13H2. The van der Waals surface area contributed by atoms with Crippen LogP contribution in [0.1, 0.15) is 30.9 Å². The van der Waals surface area contributed by atoms with Crippen LogP contribution in [0.25, 0.3) is 22.4 Å². The number of rotatable bonds is 6. The van der Waals surface area contributed by atoms with Crippen LogP contribution >= 0.6 is 0 Å². The number of nitrogens with zero attached hydrogens (tertiary/aromatic N) is 5. The first kappa shape index (κ1) is 22.1. The molecule has 4 aromatic rings. The van der Waals surface area contributed by atoms with E-state index in [2.05, 4.69) is 20.5 Å². The summed E-state index contributed by atoms with van der Waals surface area (Å²) >= 11 is 0. The Morgan fingerprint density at radius 1 is 1.06 bits per heavy atom. The normalized spacial score (nSPS) is 14.8. The Morgan fingerprint density at radius 3 is 2.56 bits per heavy atom. The first-order chi connectivity index (χ1) is 16.5. The summed E-state index contributed by atoms with van der Waals surface area (Å²) in [7, 11) is 0. The van der Waals surface area contributed by atoms with Gasteiger partial charge in [-0.2, -0.15) is 8.78 Å². The van der Waals surface area contributed by atoms with Gasteiger partial charge >= 0.3 is 12.1 Å². The first-order valence-corrected chi connectivity index (χ1v) is 11.0. The number of fused-ring (bicyclic) bond motifs is 1. The number of nitrogens with one attached hydrogen (secondary N) is 1. The van der Waals surface area contributed by atoms with E-state index in [9.17, 15) is 18.4 Å². The van der Waals surface area contributed by atoms with Crippen LogP contribution in [0.2, 0.25) is 0 Å². The molecule has 0 aliphatic carbocycles. The molecule has 1 aliphatic heterocycles. The summed E-state index contributed by atoms with van der Waals surface area (Å²) in [6.45, 7) is 2.33. The highest BCUT2D eigenvalue weighted by molar-refractivity contribution is 5.77. The third-order valence-corrected chi connectivity index (χ3v) is 6.05. The molecular formula is C23H22F2N6O3. The van der Waals surface area contributed by atoms with E-state index < -0.39 is 12.3 Å². The topological polar surface area (TPSA) is 108 Å². The van der Waals surface area contributed by atoms with Gasteiger partial charge in [0, 0.05) is 12.7 Å². The van der Waals surface area contributed by atoms with Crippen LogP contribution in [0, 0.1) is 5.92 Å². The highest BCUT2D eigenvalue weighted by Crippen LogP contribution is 2.23. The summed E-state index contributed by atoms with van der Waals surface area (Å²) in [6.07, 6.45) is 0.454. The highest BCUT2D eigenvalue weighted by atomic mass is 19.3. The van der Waals surface area contributed by atoms with Gasteiger partial charge in [0.15, 0.2) is 0 Å². The highest BCUT2D eigenvalue weighted by Gasteiger charge is 2.20. The lowest BCUT2D eigenvalue weighted by molar-refractivity contribution is 0.116. The SMILES string of the molecule is O=c1c2ccccc2n(CC2CCNCC2)c(=O)n1Cc1ccc(-c2nnc(C(F)F)o2)cn1. The van der Waals surface area contributed by atoms with Crippen molar-refractivity contribution in [3.63, 3.8) is 0 Å². The van der Waals surface area contributed by atoms with Crippen molar-refractivity contribution in [2.24, 2.45) is 5.92 Å². The molecule has 1 fully saturated rings. The molecule has 4 heterocycles. The Bertz CT molecular complexity index is 1420. The first-order valence-electron chi connectivity index (χ1n) is 11.0. The minimum Gasteiger partial charge on any atom is -0.415 e. The predicted molar refractivity (Wildman–Crippen MR) is 120 cm³/mol. The molecule has 0 unspecified atom stereocenters. The van der Waals surface area contributed by atoms with Crippen LogP contribution in [-0.2, 0) is 13.1 Å². The third kappa shape index (κ3) is 4.26. The van der Waals surface area contributed by atoms with Gasteiger partial charge in [-0.25, -0.2) is 4.79 Å². The molecule has 3 aromatic heterocycles. The van der Waals surface area contributed by atoms with Crippen molar-refractivity contribution >= 4 is 10.9 Å². The second kappa shape index (κ2) is 9.26. The van der Waals surface area contributed by atoms with Crippen LogP contribution < -0.4 is 16.6 Å². The average Bonchev–Trinajstić information content (AvgIpc) is 3.36. The molecule has 0 amide bonds. The van der Waals surface area contributed by atoms with Gasteiger partial charge in [-0.3, -0.25) is 18.9 Å². The molecule has 1 aromatic carbocycles. The van der Waals surface area contributed by atoms with E-state index in [-0.39, 0.29) is 23.7 Å². The average molecular weight is 468 g/mol. The van der Waals surface area contributed by atoms with Crippen molar-refractivity contribution in [1.29, 1.82) is 0 Å². The maximum atomic E-state index is 13.4. The van der Waals surface area contributed by atoms with Crippen molar-refractivity contribution in [2.75, 3.05) is 13.1 Å². The van der Waals surface area contributed by atoms with Gasteiger partial charge in [0.05, 0.1) is 28.7 Å². The molecule has 0 radical (unpaired) electrons. The van der Waals surface area contributed by atoms with Crippen molar-refractivity contribution < 1.29 is 13.2 Å². The van der Waals surface area contributed by atoms with Gasteiger partial charge in [-0.05, 0) is 56.1 Å². The zero-order valence-electron chi connectivity index (χ0n) is 18.2. The fourth-order valence-corrected chi connectivity index (χ4v) is 4.26. The van der Waals surface area contributed by atoms with Crippen LogP contribution in [-0.4, -0.2) is 37.4 Å². The van der Waals surface area contributed by atoms with Crippen LogP contribution in [0.5, 0.6) is 0 Å². The molecule has 11 heteroatoms. The summed E-state index contributed by atoms with van der Waals surface area (Å²) in [5, 5.41) is 10.7. The zero-order valence-corrected chi connectivity index (χ0v) is 18.2. The molecule has 0 spiro atoms. The summed E-state index contributed by atoms with van der Waals surface area (Å²) in [5.74, 6) is -0.504. The number of halogens is 2. The Hall–Kier alpha value is -3.73. The monoisotopic (exact) mass is 468 g/mol. The maximum Gasteiger partial charge on any atom is 0.331 e. The fraction of sp³-hybridized carbons (Fsp3) is 0.348. The molecule has 1 N–H and O–H groups in total. The number of para-hydroxylation sites is 1. The second-order valence-electron chi connectivity index (χ2n) is 8.28. The van der Waals surface area contributed by atoms with Gasteiger partial charge in [0.25, 0.3) is 11.4 Å². The molecule has 0 bridgehead atoms. The molecule has 176 valence electrons. The number of piperidine rings is 1. The lowest BCUT2D eigenvalue weighted by Crippen LogP contribution is -2.42. The molecule has 1 aliphatic rings. The number of pyridine rings is 1. The quantitative estimate of drug-likeness (QED) is 0.463. The van der Waals surface area contributed by atoms with E-state index >= 15 is 0 Å². The number of alkyl halides is 2. The minimum absolute atomic E-state index is 0.0267. The number of hydrogen-bond acceptors (Lipinski definition) is 7. The van der Waals surface area contributed by atoms with Crippen LogP contribution in [0.4, 0.5) is 8.78 Å². The van der Waals surface area contributed by atoms with E-state index in [4.69, 9.17) is 4.42 Å². The molecule has 34 heavy (non-hydrogen) atoms. The summed E-state index contributed by atoms with van der Waals surface area (Å²) in [5.41, 5.74) is 0.678. The van der Waals surface area contributed by atoms with E-state index in [1.54, 1.807) is 34.9 Å². The van der Waals surface area contributed by atoms with Crippen molar-refractivity contribution in [2.45, 2.75) is 32.4 Å². The molecule has 9 nitrogen and oxygen atoms in total. The lowest BCUT2D eigenvalue weighted by atomic mass is 9.98. The largest absolute Gasteiger partial charge is 0.415 e. The molecular weight excluding hydrogens is 446 g/mol. The molecule has 1 saturated heterocycles. The second-order valence-corrected chi connectivity index (χ2v) is 8.28. The van der Waals surface area contributed by atoms with Crippen LogP contribution in [0.3, 0.4) is 0 Å². The van der Waals surface area contributed by atoms with Gasteiger partial charge in [0.2, 0.25) is 5.89 Å². The van der Waals surface area contributed by atoms with Gasteiger partial charge in [-0.15, -0.1) is 10.2 Å². The smallest absolute Gasteiger partial charge is 0.331 e. The number of aromatic nitrogens is 5. The lowest BCUT2D eigenvalue weighted by Gasteiger charge is -2.24. The van der Waals surface area contributed by atoms with E-state index in [0.717, 1.165) is 25.9 Å². The Morgan fingerprint density at radius 2 is 1.85 bits per heavy atom. The van der Waals surface area contributed by atoms with Gasteiger partial charge in [0.1, 0.15) is 0 Å². The number of hydrogen-bond donors (Lipinski definition) is 1. The Labute approximate surface area is 192 Å². The van der Waals surface area contributed by atoms with Gasteiger partial charge < -0.3 is 9.73 Å². The van der Waals surface area contributed by atoms with Crippen LogP contribution in [0.15, 0.2) is 56.6 Å². The van der Waals surface area contributed by atoms with Crippen molar-refractivity contribution in [3.05, 3.63) is 75.0 Å². The van der Waals surface area contributed by atoms with Crippen molar-refractivity contribution in [1.82, 2.24) is 29.6 Å². The van der Waals surface area contributed by atoms with E-state index in [1.807, 2.05) is 6.07 Å². The maximum absolute atomic E-state index is 13.4. The predicted octanol–water partition coefficient (Wildman–Crippen LogP) is 2.59. The summed E-state index contributed by atoms with van der Waals surface area (Å²) in [6, 6.07) is 10.3. The summed E-state index contributed by atoms with van der Waals surface area (Å²) in [4.78, 5) is 30.9. The van der Waals surface area contributed by atoms with Crippen molar-refractivity contribution in [3.8, 4) is 11.5 Å².